The third-order valence-electron chi connectivity index (χ3n) is 6.97. The van der Waals surface area contributed by atoms with Crippen molar-refractivity contribution in [3.8, 4) is 11.8 Å². The number of nitriles is 1. The van der Waals surface area contributed by atoms with Gasteiger partial charge in [-0.1, -0.05) is 82.2 Å². The van der Waals surface area contributed by atoms with Gasteiger partial charge >= 0.3 is 11.9 Å². The van der Waals surface area contributed by atoms with Crippen molar-refractivity contribution < 1.29 is 23.8 Å². The van der Waals surface area contributed by atoms with Crippen LogP contribution in [0, 0.1) is 11.3 Å². The maximum atomic E-state index is 13.2. The molecule has 0 radical (unpaired) electrons. The van der Waals surface area contributed by atoms with Crippen molar-refractivity contribution in [2.75, 3.05) is 25.7 Å². The molecule has 1 atom stereocenters. The molecule has 0 bridgehead atoms. The van der Waals surface area contributed by atoms with Crippen LogP contribution in [-0.2, 0) is 19.1 Å². The number of anilines is 1. The zero-order chi connectivity index (χ0) is 28.9. The molecule has 2 aromatic carbocycles. The van der Waals surface area contributed by atoms with Gasteiger partial charge in [-0.2, -0.15) is 5.26 Å². The van der Waals surface area contributed by atoms with Crippen LogP contribution in [-0.4, -0.2) is 32.8 Å². The van der Waals surface area contributed by atoms with Crippen molar-refractivity contribution in [3.63, 3.8) is 0 Å². The summed E-state index contributed by atoms with van der Waals surface area (Å²) in [6, 6.07) is 18.1. The van der Waals surface area contributed by atoms with E-state index in [0.717, 1.165) is 12.8 Å². The summed E-state index contributed by atoms with van der Waals surface area (Å²) in [5, 5.41) is 10.1. The van der Waals surface area contributed by atoms with E-state index in [4.69, 9.17) is 19.9 Å². The van der Waals surface area contributed by atoms with Crippen molar-refractivity contribution in [2.24, 2.45) is 5.73 Å². The molecule has 8 nitrogen and oxygen atoms in total. The summed E-state index contributed by atoms with van der Waals surface area (Å²) in [5.74, 6) is -1.75. The van der Waals surface area contributed by atoms with Crippen LogP contribution in [0.2, 0.25) is 0 Å². The van der Waals surface area contributed by atoms with Crippen molar-refractivity contribution in [2.45, 2.75) is 64.2 Å². The number of methoxy groups -OCH3 is 2. The number of carbonyl (C=O) groups excluding carboxylic acids is 2. The average molecular weight is 546 g/mol. The Morgan fingerprint density at radius 1 is 0.875 bits per heavy atom. The van der Waals surface area contributed by atoms with E-state index < -0.39 is 17.9 Å². The summed E-state index contributed by atoms with van der Waals surface area (Å²) in [6.45, 7) is 2.83. The second-order valence-electron chi connectivity index (χ2n) is 9.65. The Balaban J connectivity index is 1.86. The van der Waals surface area contributed by atoms with E-state index in [9.17, 15) is 14.9 Å². The highest BCUT2D eigenvalue weighted by Gasteiger charge is 2.42. The van der Waals surface area contributed by atoms with Gasteiger partial charge in [0.2, 0.25) is 0 Å². The number of allylic oxidation sites excluding steroid dienone is 1. The van der Waals surface area contributed by atoms with Gasteiger partial charge in [-0.15, -0.1) is 0 Å². The summed E-state index contributed by atoms with van der Waals surface area (Å²) in [7, 11) is 2.45. The molecule has 0 aliphatic carbocycles. The molecule has 2 aromatic rings. The topological polar surface area (TPSA) is 115 Å². The van der Waals surface area contributed by atoms with Gasteiger partial charge in [0.1, 0.15) is 17.3 Å². The molecule has 212 valence electrons. The lowest BCUT2D eigenvalue weighted by Crippen LogP contribution is -2.40. The number of carbonyl (C=O) groups is 2. The number of unbranched alkanes of at least 4 members (excludes halogenated alkanes) is 7. The Morgan fingerprint density at radius 2 is 1.48 bits per heavy atom. The highest BCUT2D eigenvalue weighted by Crippen LogP contribution is 2.43. The van der Waals surface area contributed by atoms with Gasteiger partial charge < -0.3 is 19.9 Å². The molecule has 2 N–H and O–H groups in total. The van der Waals surface area contributed by atoms with Gasteiger partial charge in [-0.05, 0) is 36.2 Å². The number of nitrogens with two attached hydrogens (primary N) is 1. The van der Waals surface area contributed by atoms with Crippen LogP contribution in [0.5, 0.6) is 5.75 Å². The number of ether oxygens (including phenoxy) is 3. The number of hydrogen-bond donors (Lipinski definition) is 1. The Labute approximate surface area is 237 Å². The predicted molar refractivity (Wildman–Crippen MR) is 154 cm³/mol. The molecular formula is C32H39N3O5. The van der Waals surface area contributed by atoms with Gasteiger partial charge in [0.25, 0.3) is 0 Å². The summed E-state index contributed by atoms with van der Waals surface area (Å²) in [5.41, 5.74) is 7.62. The van der Waals surface area contributed by atoms with Gasteiger partial charge in [0.05, 0.1) is 44.0 Å². The molecular weight excluding hydrogens is 506 g/mol. The first-order valence-corrected chi connectivity index (χ1v) is 13.9. The lowest BCUT2D eigenvalue weighted by Gasteiger charge is -2.35. The molecule has 0 amide bonds. The molecule has 1 aliphatic rings. The molecule has 0 fully saturated rings. The zero-order valence-corrected chi connectivity index (χ0v) is 23.7. The first-order chi connectivity index (χ1) is 19.5. The number of rotatable bonds is 14. The minimum atomic E-state index is -0.904. The van der Waals surface area contributed by atoms with Gasteiger partial charge in [-0.25, -0.2) is 9.59 Å². The quantitative estimate of drug-likeness (QED) is 0.224. The first-order valence-electron chi connectivity index (χ1n) is 13.9. The second kappa shape index (κ2) is 15.4. The Bertz CT molecular complexity index is 1250. The lowest BCUT2D eigenvalue weighted by atomic mass is 9.81. The van der Waals surface area contributed by atoms with Gasteiger partial charge in [0, 0.05) is 5.69 Å². The molecule has 0 saturated carbocycles. The summed E-state index contributed by atoms with van der Waals surface area (Å²) in [6.07, 6.45) is 9.75. The molecule has 40 heavy (non-hydrogen) atoms. The molecule has 1 unspecified atom stereocenters. The van der Waals surface area contributed by atoms with Crippen LogP contribution in [0.4, 0.5) is 5.69 Å². The van der Waals surface area contributed by atoms with Crippen LogP contribution < -0.4 is 15.4 Å². The molecule has 1 heterocycles. The van der Waals surface area contributed by atoms with Gasteiger partial charge in [0.15, 0.2) is 0 Å². The van der Waals surface area contributed by atoms with E-state index in [1.54, 1.807) is 48.5 Å². The van der Waals surface area contributed by atoms with E-state index in [1.807, 2.05) is 6.07 Å². The van der Waals surface area contributed by atoms with E-state index in [1.165, 1.54) is 57.6 Å². The van der Waals surface area contributed by atoms with Crippen molar-refractivity contribution in [1.29, 1.82) is 5.26 Å². The lowest BCUT2D eigenvalue weighted by molar-refractivity contribution is -0.139. The van der Waals surface area contributed by atoms with E-state index in [0.29, 0.717) is 23.6 Å². The van der Waals surface area contributed by atoms with Crippen molar-refractivity contribution >= 4 is 17.6 Å². The SMILES string of the molecule is CCCCCCCCCCOc1ccc(N2C(N)=C(C#N)C(c3ccccc3)C(C(=O)OC)=C2C(=O)OC)cc1. The standard InChI is InChI=1S/C32H39N3O5/c1-4-5-6-7-8-9-10-14-21-40-25-19-17-24(18-20-25)35-29(32(37)39-3)28(31(36)38-2)27(26(22-33)30(35)34)23-15-12-11-13-16-23/h11-13,15-20,27H,4-10,14,21,34H2,1-3H3. The van der Waals surface area contributed by atoms with E-state index in [2.05, 4.69) is 13.0 Å². The number of benzene rings is 2. The Kier molecular flexibility index (Phi) is 11.6. The molecule has 3 rings (SSSR count). The maximum absolute atomic E-state index is 13.2. The van der Waals surface area contributed by atoms with Crippen LogP contribution in [0.1, 0.15) is 69.8 Å². The summed E-state index contributed by atoms with van der Waals surface area (Å²) in [4.78, 5) is 27.7. The fourth-order valence-corrected chi connectivity index (χ4v) is 4.90. The molecule has 1 aliphatic heterocycles. The number of hydrogen-bond acceptors (Lipinski definition) is 8. The van der Waals surface area contributed by atoms with E-state index >= 15 is 0 Å². The predicted octanol–water partition coefficient (Wildman–Crippen LogP) is 6.10. The summed E-state index contributed by atoms with van der Waals surface area (Å²) >= 11 is 0. The van der Waals surface area contributed by atoms with Crippen LogP contribution in [0.15, 0.2) is 77.3 Å². The Morgan fingerprint density at radius 3 is 2.05 bits per heavy atom. The average Bonchev–Trinajstić information content (AvgIpc) is 2.99. The molecule has 0 spiro atoms. The van der Waals surface area contributed by atoms with Crippen LogP contribution in [0.25, 0.3) is 0 Å². The normalized spacial score (nSPS) is 15.1. The third-order valence-corrected chi connectivity index (χ3v) is 6.97. The largest absolute Gasteiger partial charge is 0.494 e. The molecule has 8 heteroatoms. The summed E-state index contributed by atoms with van der Waals surface area (Å²) < 4.78 is 16.1. The fourth-order valence-electron chi connectivity index (χ4n) is 4.90. The number of nitrogens with zero attached hydrogens (tertiary/aromatic N) is 2. The van der Waals surface area contributed by atoms with Crippen LogP contribution in [0.3, 0.4) is 0 Å². The minimum absolute atomic E-state index is 0.0250. The second-order valence-corrected chi connectivity index (χ2v) is 9.65. The van der Waals surface area contributed by atoms with Gasteiger partial charge in [-0.3, -0.25) is 4.90 Å². The number of esters is 2. The fraction of sp³-hybridized carbons (Fsp3) is 0.406. The van der Waals surface area contributed by atoms with Crippen molar-refractivity contribution in [3.05, 3.63) is 82.8 Å². The molecule has 0 saturated heterocycles. The van der Waals surface area contributed by atoms with Crippen LogP contribution >= 0.6 is 0 Å². The third kappa shape index (κ3) is 7.23. The zero-order valence-electron chi connectivity index (χ0n) is 23.7. The highest BCUT2D eigenvalue weighted by atomic mass is 16.5. The first kappa shape index (κ1) is 30.3. The highest BCUT2D eigenvalue weighted by molar-refractivity contribution is 6.06. The van der Waals surface area contributed by atoms with Crippen molar-refractivity contribution in [1.82, 2.24) is 0 Å². The minimum Gasteiger partial charge on any atom is -0.494 e. The Hall–Kier alpha value is -4.25. The maximum Gasteiger partial charge on any atom is 0.355 e. The molecule has 0 aromatic heterocycles. The smallest absolute Gasteiger partial charge is 0.355 e. The van der Waals surface area contributed by atoms with E-state index in [-0.39, 0.29) is 22.7 Å². The monoisotopic (exact) mass is 545 g/mol.